The number of pyridine rings is 1. The zero-order chi connectivity index (χ0) is 17.8. The van der Waals surface area contributed by atoms with E-state index in [0.29, 0.717) is 5.92 Å². The average molecular weight is 344 g/mol. The highest BCUT2D eigenvalue weighted by Crippen LogP contribution is 2.42. The molecule has 0 aliphatic heterocycles. The van der Waals surface area contributed by atoms with Gasteiger partial charge in [0.05, 0.1) is 16.7 Å². The molecule has 1 saturated carbocycles. The minimum Gasteiger partial charge on any atom is -0.361 e. The van der Waals surface area contributed by atoms with Crippen molar-refractivity contribution in [2.75, 3.05) is 0 Å². The standard InChI is InChI=1S/C21H20N4O/c1-11-6-7-22-10-17(11)16-8-15(19-12(2)25-26-13(19)3)9-18-20(16)24-21(23-18)14-4-5-14/h6-10,14H,4-5H2,1-3H3,(H,23,24). The van der Waals surface area contributed by atoms with E-state index in [-0.39, 0.29) is 0 Å². The predicted octanol–water partition coefficient (Wildman–Crippen LogP) is 5.08. The van der Waals surface area contributed by atoms with Crippen molar-refractivity contribution in [2.24, 2.45) is 0 Å². The first-order valence-corrected chi connectivity index (χ1v) is 8.99. The molecule has 1 fully saturated rings. The smallest absolute Gasteiger partial charge is 0.141 e. The summed E-state index contributed by atoms with van der Waals surface area (Å²) in [5.41, 5.74) is 8.54. The van der Waals surface area contributed by atoms with Crippen LogP contribution in [0.25, 0.3) is 33.3 Å². The van der Waals surface area contributed by atoms with Crippen LogP contribution in [0, 0.1) is 20.8 Å². The third-order valence-electron chi connectivity index (χ3n) is 5.23. The van der Waals surface area contributed by atoms with Crippen LogP contribution in [0.3, 0.4) is 0 Å². The van der Waals surface area contributed by atoms with Gasteiger partial charge in [-0.15, -0.1) is 0 Å². The van der Waals surface area contributed by atoms with E-state index in [4.69, 9.17) is 9.51 Å². The third-order valence-corrected chi connectivity index (χ3v) is 5.23. The van der Waals surface area contributed by atoms with E-state index < -0.39 is 0 Å². The van der Waals surface area contributed by atoms with Crippen LogP contribution in [0.2, 0.25) is 0 Å². The number of hydrogen-bond acceptors (Lipinski definition) is 4. The van der Waals surface area contributed by atoms with Gasteiger partial charge in [0, 0.05) is 35.0 Å². The first kappa shape index (κ1) is 15.3. The lowest BCUT2D eigenvalue weighted by molar-refractivity contribution is 0.393. The predicted molar refractivity (Wildman–Crippen MR) is 101 cm³/mol. The average Bonchev–Trinajstić information content (AvgIpc) is 3.30. The maximum atomic E-state index is 5.39. The summed E-state index contributed by atoms with van der Waals surface area (Å²) in [7, 11) is 0. The highest BCUT2D eigenvalue weighted by atomic mass is 16.5. The molecule has 4 aromatic rings. The summed E-state index contributed by atoms with van der Waals surface area (Å²) in [6.45, 7) is 6.05. The molecule has 130 valence electrons. The van der Waals surface area contributed by atoms with Gasteiger partial charge in [0.15, 0.2) is 0 Å². The Morgan fingerprint density at radius 1 is 1.12 bits per heavy atom. The quantitative estimate of drug-likeness (QED) is 0.562. The van der Waals surface area contributed by atoms with E-state index in [1.807, 2.05) is 32.3 Å². The third kappa shape index (κ3) is 2.35. The Labute approximate surface area is 151 Å². The van der Waals surface area contributed by atoms with Gasteiger partial charge in [0.25, 0.3) is 0 Å². The Hall–Kier alpha value is -2.95. The van der Waals surface area contributed by atoms with Crippen molar-refractivity contribution in [3.8, 4) is 22.3 Å². The van der Waals surface area contributed by atoms with Crippen molar-refractivity contribution in [1.29, 1.82) is 0 Å². The molecule has 26 heavy (non-hydrogen) atoms. The normalized spacial score (nSPS) is 14.3. The second-order valence-corrected chi connectivity index (χ2v) is 7.20. The van der Waals surface area contributed by atoms with E-state index >= 15 is 0 Å². The lowest BCUT2D eigenvalue weighted by Gasteiger charge is -2.09. The lowest BCUT2D eigenvalue weighted by atomic mass is 9.95. The highest BCUT2D eigenvalue weighted by Gasteiger charge is 2.28. The number of nitrogens with zero attached hydrogens (tertiary/aromatic N) is 3. The van der Waals surface area contributed by atoms with E-state index in [9.17, 15) is 0 Å². The number of aromatic amines is 1. The number of hydrogen-bond donors (Lipinski definition) is 1. The van der Waals surface area contributed by atoms with Crippen LogP contribution in [0.15, 0.2) is 35.1 Å². The maximum absolute atomic E-state index is 5.39. The Balaban J connectivity index is 1.82. The van der Waals surface area contributed by atoms with Gasteiger partial charge in [-0.2, -0.15) is 0 Å². The summed E-state index contributed by atoms with van der Waals surface area (Å²) >= 11 is 0. The van der Waals surface area contributed by atoms with Crippen LogP contribution in [0.1, 0.15) is 41.6 Å². The van der Waals surface area contributed by atoms with Gasteiger partial charge in [-0.25, -0.2) is 4.98 Å². The first-order valence-electron chi connectivity index (χ1n) is 8.99. The van der Waals surface area contributed by atoms with Gasteiger partial charge in [-0.05, 0) is 62.9 Å². The van der Waals surface area contributed by atoms with Crippen molar-refractivity contribution < 1.29 is 4.52 Å². The number of rotatable bonds is 3. The molecule has 1 aromatic carbocycles. The lowest BCUT2D eigenvalue weighted by Crippen LogP contribution is -1.90. The Bertz CT molecular complexity index is 1110. The molecule has 0 atom stereocenters. The van der Waals surface area contributed by atoms with Crippen molar-refractivity contribution in [2.45, 2.75) is 39.5 Å². The molecule has 5 nitrogen and oxygen atoms in total. The number of nitrogens with one attached hydrogen (secondary N) is 1. The molecule has 3 aromatic heterocycles. The fourth-order valence-electron chi connectivity index (χ4n) is 3.68. The number of fused-ring (bicyclic) bond motifs is 1. The molecule has 1 N–H and O–H groups in total. The second-order valence-electron chi connectivity index (χ2n) is 7.20. The van der Waals surface area contributed by atoms with Crippen LogP contribution in [0.5, 0.6) is 0 Å². The first-order chi connectivity index (χ1) is 12.6. The minimum absolute atomic E-state index is 0.577. The number of H-pyrrole nitrogens is 1. The topological polar surface area (TPSA) is 67.6 Å². The van der Waals surface area contributed by atoms with Gasteiger partial charge in [0.1, 0.15) is 11.6 Å². The van der Waals surface area contributed by atoms with Crippen LogP contribution >= 0.6 is 0 Å². The molecule has 0 radical (unpaired) electrons. The van der Waals surface area contributed by atoms with Crippen molar-refractivity contribution in [3.63, 3.8) is 0 Å². The maximum Gasteiger partial charge on any atom is 0.141 e. The van der Waals surface area contributed by atoms with Crippen molar-refractivity contribution in [3.05, 3.63) is 53.4 Å². The van der Waals surface area contributed by atoms with E-state index in [0.717, 1.165) is 50.6 Å². The molecule has 1 aliphatic carbocycles. The Morgan fingerprint density at radius 2 is 1.96 bits per heavy atom. The monoisotopic (exact) mass is 344 g/mol. The molecule has 0 spiro atoms. The minimum atomic E-state index is 0.577. The molecule has 1 aliphatic rings. The molecule has 0 unspecified atom stereocenters. The van der Waals surface area contributed by atoms with Gasteiger partial charge < -0.3 is 9.51 Å². The second kappa shape index (κ2) is 5.53. The summed E-state index contributed by atoms with van der Waals surface area (Å²) in [5.74, 6) is 2.50. The fraction of sp³-hybridized carbons (Fsp3) is 0.286. The SMILES string of the molecule is Cc1ccncc1-c1cc(-c2c(C)noc2C)cc2nc(C3CC3)[nH]c12. The summed E-state index contributed by atoms with van der Waals surface area (Å²) in [6.07, 6.45) is 6.20. The Morgan fingerprint density at radius 3 is 2.65 bits per heavy atom. The van der Waals surface area contributed by atoms with Gasteiger partial charge >= 0.3 is 0 Å². The molecular formula is C21H20N4O. The fourth-order valence-corrected chi connectivity index (χ4v) is 3.68. The zero-order valence-electron chi connectivity index (χ0n) is 15.1. The van der Waals surface area contributed by atoms with Gasteiger partial charge in [-0.1, -0.05) is 5.16 Å². The molecule has 5 heteroatoms. The summed E-state index contributed by atoms with van der Waals surface area (Å²) in [4.78, 5) is 12.8. The number of benzene rings is 1. The highest BCUT2D eigenvalue weighted by molar-refractivity contribution is 5.97. The van der Waals surface area contributed by atoms with Gasteiger partial charge in [0.2, 0.25) is 0 Å². The zero-order valence-corrected chi connectivity index (χ0v) is 15.1. The van der Waals surface area contributed by atoms with Crippen LogP contribution in [-0.2, 0) is 0 Å². The molecular weight excluding hydrogens is 324 g/mol. The summed E-state index contributed by atoms with van der Waals surface area (Å²) in [6, 6.07) is 6.38. The molecule has 0 saturated heterocycles. The molecule has 0 amide bonds. The van der Waals surface area contributed by atoms with Crippen molar-refractivity contribution >= 4 is 11.0 Å². The Kier molecular flexibility index (Phi) is 3.26. The molecule has 3 heterocycles. The van der Waals surface area contributed by atoms with E-state index in [1.165, 1.54) is 18.4 Å². The van der Waals surface area contributed by atoms with Crippen LogP contribution in [0.4, 0.5) is 0 Å². The number of aryl methyl sites for hydroxylation is 3. The van der Waals surface area contributed by atoms with Crippen molar-refractivity contribution in [1.82, 2.24) is 20.1 Å². The molecule has 0 bridgehead atoms. The van der Waals surface area contributed by atoms with Crippen LogP contribution < -0.4 is 0 Å². The number of imidazole rings is 1. The largest absolute Gasteiger partial charge is 0.361 e. The number of aromatic nitrogens is 4. The van der Waals surface area contributed by atoms with Crippen LogP contribution in [-0.4, -0.2) is 20.1 Å². The van der Waals surface area contributed by atoms with E-state index in [2.05, 4.69) is 34.2 Å². The summed E-state index contributed by atoms with van der Waals surface area (Å²) in [5, 5.41) is 4.12. The van der Waals surface area contributed by atoms with Gasteiger partial charge in [-0.3, -0.25) is 4.98 Å². The summed E-state index contributed by atoms with van der Waals surface area (Å²) < 4.78 is 5.39. The van der Waals surface area contributed by atoms with E-state index in [1.54, 1.807) is 0 Å². The molecule has 5 rings (SSSR count).